The summed E-state index contributed by atoms with van der Waals surface area (Å²) < 4.78 is 0. The van der Waals surface area contributed by atoms with Gasteiger partial charge in [-0.25, -0.2) is 4.79 Å². The number of rotatable bonds is 3. The molecule has 3 amide bonds. The first-order chi connectivity index (χ1) is 10.0. The largest absolute Gasteiger partial charge is 0.325 e. The van der Waals surface area contributed by atoms with Gasteiger partial charge in [0.2, 0.25) is 0 Å². The van der Waals surface area contributed by atoms with Crippen molar-refractivity contribution in [3.8, 4) is 0 Å². The summed E-state index contributed by atoms with van der Waals surface area (Å²) in [6.45, 7) is 3.67. The van der Waals surface area contributed by atoms with Crippen LogP contribution in [0.1, 0.15) is 23.9 Å². The summed E-state index contributed by atoms with van der Waals surface area (Å²) in [7, 11) is 0. The van der Waals surface area contributed by atoms with Gasteiger partial charge in [0.1, 0.15) is 5.54 Å². The summed E-state index contributed by atoms with van der Waals surface area (Å²) in [4.78, 5) is 34.2. The normalized spacial score (nSPS) is 21.7. The van der Waals surface area contributed by atoms with Crippen LogP contribution in [-0.2, 0) is 16.9 Å². The number of imide groups is 1. The van der Waals surface area contributed by atoms with Gasteiger partial charge in [0.05, 0.1) is 24.1 Å². The summed E-state index contributed by atoms with van der Waals surface area (Å²) in [5.41, 5.74) is 1.16. The first-order valence-corrected chi connectivity index (χ1v) is 7.39. The third kappa shape index (κ3) is 2.29. The number of nitrogens with one attached hydrogen (secondary N) is 1. The fourth-order valence-corrected chi connectivity index (χ4v) is 3.01. The van der Waals surface area contributed by atoms with E-state index in [1.54, 1.807) is 19.3 Å². The molecule has 0 unspecified atom stereocenters. The van der Waals surface area contributed by atoms with E-state index in [0.29, 0.717) is 5.69 Å². The Balaban J connectivity index is 1.86. The number of nitrogens with zero attached hydrogens (tertiary/aromatic N) is 3. The summed E-state index contributed by atoms with van der Waals surface area (Å²) in [5, 5.41) is 6.51. The second-order valence-electron chi connectivity index (χ2n) is 5.11. The summed E-state index contributed by atoms with van der Waals surface area (Å²) in [5.74, 6) is -0.270. The van der Waals surface area contributed by atoms with Crippen LogP contribution in [0.4, 0.5) is 4.79 Å². The lowest BCUT2D eigenvalue weighted by Crippen LogP contribution is -2.40. The Hall–Kier alpha value is -2.28. The van der Waals surface area contributed by atoms with Gasteiger partial charge in [-0.15, -0.1) is 0 Å². The molecule has 0 aliphatic carbocycles. The minimum absolute atomic E-state index is 0.123. The Bertz CT molecular complexity index is 684. The third-order valence-corrected chi connectivity index (χ3v) is 4.21. The number of carbonyl (C=O) groups excluding carboxylic acids is 2. The fourth-order valence-electron chi connectivity index (χ4n) is 2.25. The molecule has 0 saturated carbocycles. The molecule has 3 heterocycles. The van der Waals surface area contributed by atoms with E-state index in [1.807, 2.05) is 23.8 Å². The van der Waals surface area contributed by atoms with Crippen LogP contribution < -0.4 is 5.32 Å². The molecular weight excluding hydrogens is 288 g/mol. The van der Waals surface area contributed by atoms with Gasteiger partial charge < -0.3 is 5.32 Å². The van der Waals surface area contributed by atoms with Crippen LogP contribution in [0.3, 0.4) is 0 Å². The van der Waals surface area contributed by atoms with Crippen LogP contribution in [-0.4, -0.2) is 26.8 Å². The van der Waals surface area contributed by atoms with E-state index in [2.05, 4.69) is 15.3 Å². The van der Waals surface area contributed by atoms with E-state index in [0.717, 1.165) is 11.3 Å². The molecule has 1 fully saturated rings. The van der Waals surface area contributed by atoms with Crippen LogP contribution in [0, 0.1) is 6.92 Å². The molecule has 0 spiro atoms. The molecule has 1 N–H and O–H groups in total. The first kappa shape index (κ1) is 13.7. The van der Waals surface area contributed by atoms with Crippen molar-refractivity contribution < 1.29 is 9.59 Å². The third-order valence-electron chi connectivity index (χ3n) is 3.53. The Morgan fingerprint density at radius 2 is 2.14 bits per heavy atom. The highest BCUT2D eigenvalue weighted by Crippen LogP contribution is 2.30. The maximum absolute atomic E-state index is 12.6. The lowest BCUT2D eigenvalue weighted by Gasteiger charge is -2.20. The smallest absolute Gasteiger partial charge is 0.319 e. The van der Waals surface area contributed by atoms with Crippen LogP contribution >= 0.6 is 11.3 Å². The molecule has 1 saturated heterocycles. The van der Waals surface area contributed by atoms with Gasteiger partial charge in [-0.1, -0.05) is 0 Å². The minimum Gasteiger partial charge on any atom is -0.319 e. The number of hydrogen-bond acceptors (Lipinski definition) is 5. The number of carbonyl (C=O) groups is 2. The van der Waals surface area contributed by atoms with E-state index in [1.165, 1.54) is 16.2 Å². The molecule has 7 heteroatoms. The second-order valence-corrected chi connectivity index (χ2v) is 5.89. The Kier molecular flexibility index (Phi) is 3.21. The zero-order chi connectivity index (χ0) is 15.0. The van der Waals surface area contributed by atoms with Crippen molar-refractivity contribution in [2.45, 2.75) is 25.9 Å². The molecule has 2 aromatic rings. The van der Waals surface area contributed by atoms with Gasteiger partial charge in [0.25, 0.3) is 5.91 Å². The lowest BCUT2D eigenvalue weighted by molar-refractivity contribution is -0.131. The van der Waals surface area contributed by atoms with Crippen LogP contribution in [0.2, 0.25) is 0 Å². The highest BCUT2D eigenvalue weighted by atomic mass is 32.1. The maximum atomic E-state index is 12.6. The van der Waals surface area contributed by atoms with Crippen molar-refractivity contribution in [1.82, 2.24) is 20.2 Å². The summed E-state index contributed by atoms with van der Waals surface area (Å²) >= 11 is 1.49. The zero-order valence-electron chi connectivity index (χ0n) is 11.7. The summed E-state index contributed by atoms with van der Waals surface area (Å²) in [6, 6.07) is 1.44. The van der Waals surface area contributed by atoms with E-state index in [-0.39, 0.29) is 12.5 Å². The monoisotopic (exact) mass is 302 g/mol. The standard InChI is InChI=1S/C14H14N4O2S/c1-9-5-16-11(6-15-9)7-18-12(19)14(2,17-13(18)20)10-3-4-21-8-10/h3-6,8H,7H2,1-2H3,(H,17,20)/t14-/m1/s1. The average molecular weight is 302 g/mol. The first-order valence-electron chi connectivity index (χ1n) is 6.45. The molecule has 3 rings (SSSR count). The SMILES string of the molecule is Cc1cnc(CN2C(=O)N[C@](C)(c3ccsc3)C2=O)cn1. The number of aryl methyl sites for hydroxylation is 1. The fraction of sp³-hybridized carbons (Fsp3) is 0.286. The van der Waals surface area contributed by atoms with Gasteiger partial charge in [0, 0.05) is 6.20 Å². The van der Waals surface area contributed by atoms with Crippen molar-refractivity contribution in [2.24, 2.45) is 0 Å². The molecule has 108 valence electrons. The van der Waals surface area contributed by atoms with Crippen molar-refractivity contribution in [1.29, 1.82) is 0 Å². The number of hydrogen-bond donors (Lipinski definition) is 1. The van der Waals surface area contributed by atoms with Crippen LogP contribution in [0.15, 0.2) is 29.2 Å². The molecule has 1 aliphatic rings. The molecule has 2 aromatic heterocycles. The highest BCUT2D eigenvalue weighted by Gasteiger charge is 2.49. The molecule has 21 heavy (non-hydrogen) atoms. The Morgan fingerprint density at radius 1 is 1.33 bits per heavy atom. The highest BCUT2D eigenvalue weighted by molar-refractivity contribution is 7.08. The number of thiophene rings is 1. The molecule has 0 aromatic carbocycles. The quantitative estimate of drug-likeness (QED) is 0.877. The van der Waals surface area contributed by atoms with E-state index < -0.39 is 11.6 Å². The van der Waals surface area contributed by atoms with Crippen LogP contribution in [0.25, 0.3) is 0 Å². The second kappa shape index (κ2) is 4.92. The van der Waals surface area contributed by atoms with Gasteiger partial charge in [-0.2, -0.15) is 11.3 Å². The van der Waals surface area contributed by atoms with Gasteiger partial charge in [-0.3, -0.25) is 19.7 Å². The Morgan fingerprint density at radius 3 is 2.76 bits per heavy atom. The van der Waals surface area contributed by atoms with Gasteiger partial charge in [0.15, 0.2) is 0 Å². The van der Waals surface area contributed by atoms with Crippen molar-refractivity contribution in [3.05, 3.63) is 46.2 Å². The summed E-state index contributed by atoms with van der Waals surface area (Å²) in [6.07, 6.45) is 3.20. The number of amides is 3. The number of urea groups is 1. The van der Waals surface area contributed by atoms with Crippen LogP contribution in [0.5, 0.6) is 0 Å². The topological polar surface area (TPSA) is 75.2 Å². The minimum atomic E-state index is -1.00. The molecular formula is C14H14N4O2S. The molecule has 1 atom stereocenters. The van der Waals surface area contributed by atoms with Crippen molar-refractivity contribution in [3.63, 3.8) is 0 Å². The lowest BCUT2D eigenvalue weighted by atomic mass is 9.95. The molecule has 0 radical (unpaired) electrons. The molecule has 6 nitrogen and oxygen atoms in total. The predicted molar refractivity (Wildman–Crippen MR) is 77.5 cm³/mol. The van der Waals surface area contributed by atoms with E-state index >= 15 is 0 Å². The Labute approximate surface area is 125 Å². The predicted octanol–water partition coefficient (Wildman–Crippen LogP) is 1.81. The average Bonchev–Trinajstić information content (AvgIpc) is 3.06. The zero-order valence-corrected chi connectivity index (χ0v) is 12.5. The molecule has 1 aliphatic heterocycles. The van der Waals surface area contributed by atoms with Crippen molar-refractivity contribution in [2.75, 3.05) is 0 Å². The molecule has 0 bridgehead atoms. The van der Waals surface area contributed by atoms with E-state index in [9.17, 15) is 9.59 Å². The van der Waals surface area contributed by atoms with Gasteiger partial charge >= 0.3 is 6.03 Å². The maximum Gasteiger partial charge on any atom is 0.325 e. The van der Waals surface area contributed by atoms with Gasteiger partial charge in [-0.05, 0) is 36.2 Å². The van der Waals surface area contributed by atoms with Crippen molar-refractivity contribution >= 4 is 23.3 Å². The van der Waals surface area contributed by atoms with E-state index in [4.69, 9.17) is 0 Å². The number of aromatic nitrogens is 2.